The second kappa shape index (κ2) is 11.8. The van der Waals surface area contributed by atoms with Crippen LogP contribution in [0.4, 0.5) is 30.0 Å². The molecule has 2 N–H and O–H groups in total. The molecule has 0 unspecified atom stereocenters. The number of esters is 1. The lowest BCUT2D eigenvalue weighted by Gasteiger charge is -2.31. The fraction of sp³-hybridized carbons (Fsp3) is 0.333. The molecular weight excluding hydrogens is 516 g/mol. The van der Waals surface area contributed by atoms with E-state index in [0.717, 1.165) is 44.5 Å². The summed E-state index contributed by atoms with van der Waals surface area (Å²) in [6.45, 7) is 4.21. The standard InChI is InChI=1S/C27H29F2N3O5S/c1-4-36-26(33)23-19-14-31(11-12-35-3)22-13-16(30)9-10-17(22)24(19)38-25(23)32(27(34)37-5-2)15-18-20(28)7-6-8-21(18)29/h6-10,13H,4-5,11-12,14-15,30H2,1-3H3. The molecule has 0 saturated carbocycles. The van der Waals surface area contributed by atoms with Crippen LogP contribution in [0.25, 0.3) is 10.4 Å². The number of rotatable bonds is 9. The second-order valence-electron chi connectivity index (χ2n) is 8.49. The molecular formula is C27H29F2N3O5S. The fourth-order valence-electron chi connectivity index (χ4n) is 4.37. The van der Waals surface area contributed by atoms with Crippen molar-refractivity contribution >= 4 is 39.8 Å². The summed E-state index contributed by atoms with van der Waals surface area (Å²) in [7, 11) is 1.60. The van der Waals surface area contributed by atoms with Crippen molar-refractivity contribution in [3.63, 3.8) is 0 Å². The summed E-state index contributed by atoms with van der Waals surface area (Å²) >= 11 is 1.16. The normalized spacial score (nSPS) is 12.1. The van der Waals surface area contributed by atoms with E-state index in [9.17, 15) is 18.4 Å². The van der Waals surface area contributed by atoms with Crippen LogP contribution < -0.4 is 15.5 Å². The average molecular weight is 546 g/mol. The van der Waals surface area contributed by atoms with Gasteiger partial charge in [0.15, 0.2) is 0 Å². The monoisotopic (exact) mass is 545 g/mol. The van der Waals surface area contributed by atoms with Crippen molar-refractivity contribution < 1.29 is 32.6 Å². The second-order valence-corrected chi connectivity index (χ2v) is 9.49. The quantitative estimate of drug-likeness (QED) is 0.277. The molecule has 8 nitrogen and oxygen atoms in total. The number of carbonyl (C=O) groups excluding carboxylic acids is 2. The first-order valence-corrected chi connectivity index (χ1v) is 13.0. The maximum atomic E-state index is 14.6. The first-order valence-electron chi connectivity index (χ1n) is 12.1. The van der Waals surface area contributed by atoms with Crippen molar-refractivity contribution in [2.45, 2.75) is 26.9 Å². The maximum absolute atomic E-state index is 14.6. The number of amides is 1. The predicted molar refractivity (Wildman–Crippen MR) is 143 cm³/mol. The molecule has 4 rings (SSSR count). The molecule has 3 aromatic rings. The minimum absolute atomic E-state index is 0.0296. The van der Waals surface area contributed by atoms with Gasteiger partial charge in [-0.2, -0.15) is 0 Å². The van der Waals surface area contributed by atoms with Crippen molar-refractivity contribution in [3.8, 4) is 10.4 Å². The van der Waals surface area contributed by atoms with E-state index in [-0.39, 0.29) is 29.3 Å². The SMILES string of the molecule is CCOC(=O)c1c(N(Cc2c(F)cccc2F)C(=O)OCC)sc2c1CN(CCOC)c1cc(N)ccc1-2. The maximum Gasteiger partial charge on any atom is 0.415 e. The van der Waals surface area contributed by atoms with Crippen LogP contribution in [-0.4, -0.2) is 45.5 Å². The molecule has 38 heavy (non-hydrogen) atoms. The van der Waals surface area contributed by atoms with Gasteiger partial charge in [0, 0.05) is 53.1 Å². The molecule has 11 heteroatoms. The number of halogens is 2. The molecule has 0 fully saturated rings. The number of anilines is 3. The van der Waals surface area contributed by atoms with Crippen LogP contribution in [0.15, 0.2) is 36.4 Å². The first kappa shape index (κ1) is 27.3. The van der Waals surface area contributed by atoms with Crippen molar-refractivity contribution in [1.29, 1.82) is 0 Å². The highest BCUT2D eigenvalue weighted by molar-refractivity contribution is 7.20. The average Bonchev–Trinajstić information content (AvgIpc) is 3.26. The molecule has 2 heterocycles. The van der Waals surface area contributed by atoms with E-state index in [2.05, 4.69) is 0 Å². The number of carbonyl (C=O) groups is 2. The molecule has 1 aromatic heterocycles. The van der Waals surface area contributed by atoms with Gasteiger partial charge in [0.25, 0.3) is 0 Å². The minimum atomic E-state index is -0.840. The number of benzene rings is 2. The topological polar surface area (TPSA) is 94.3 Å². The van der Waals surface area contributed by atoms with Crippen molar-refractivity contribution in [1.82, 2.24) is 0 Å². The van der Waals surface area contributed by atoms with Gasteiger partial charge >= 0.3 is 12.1 Å². The number of fused-ring (bicyclic) bond motifs is 3. The summed E-state index contributed by atoms with van der Waals surface area (Å²) in [5.74, 6) is -2.27. The Hall–Kier alpha value is -3.70. The Balaban J connectivity index is 1.93. The molecule has 2 aromatic carbocycles. The third kappa shape index (κ3) is 5.30. The summed E-state index contributed by atoms with van der Waals surface area (Å²) < 4.78 is 45.2. The Kier molecular flexibility index (Phi) is 8.48. The van der Waals surface area contributed by atoms with Gasteiger partial charge in [-0.3, -0.25) is 4.90 Å². The largest absolute Gasteiger partial charge is 0.462 e. The summed E-state index contributed by atoms with van der Waals surface area (Å²) in [4.78, 5) is 30.4. The van der Waals surface area contributed by atoms with Gasteiger partial charge in [0.1, 0.15) is 22.2 Å². The number of hydrogen-bond donors (Lipinski definition) is 1. The van der Waals surface area contributed by atoms with Crippen LogP contribution in [0.5, 0.6) is 0 Å². The number of nitrogen functional groups attached to an aromatic ring is 1. The molecule has 1 aliphatic rings. The number of hydrogen-bond acceptors (Lipinski definition) is 8. The van der Waals surface area contributed by atoms with Crippen molar-refractivity contribution in [2.24, 2.45) is 0 Å². The van der Waals surface area contributed by atoms with E-state index >= 15 is 0 Å². The summed E-state index contributed by atoms with van der Waals surface area (Å²) in [6, 6.07) is 8.92. The zero-order chi connectivity index (χ0) is 27.4. The molecule has 202 valence electrons. The minimum Gasteiger partial charge on any atom is -0.462 e. The van der Waals surface area contributed by atoms with Crippen LogP contribution in [0.3, 0.4) is 0 Å². The Morgan fingerprint density at radius 2 is 1.82 bits per heavy atom. The number of thiophene rings is 1. The molecule has 0 atom stereocenters. The molecule has 1 aliphatic heterocycles. The Bertz CT molecular complexity index is 1330. The van der Waals surface area contributed by atoms with E-state index in [1.54, 1.807) is 27.0 Å². The van der Waals surface area contributed by atoms with Crippen LogP contribution in [-0.2, 0) is 27.3 Å². The Morgan fingerprint density at radius 3 is 2.47 bits per heavy atom. The molecule has 0 spiro atoms. The highest BCUT2D eigenvalue weighted by Gasteiger charge is 2.36. The lowest BCUT2D eigenvalue weighted by atomic mass is 9.97. The van der Waals surface area contributed by atoms with E-state index in [1.807, 2.05) is 17.0 Å². The highest BCUT2D eigenvalue weighted by Crippen LogP contribution is 2.50. The zero-order valence-electron chi connectivity index (χ0n) is 21.4. The van der Waals surface area contributed by atoms with Crippen LogP contribution in [0, 0.1) is 11.6 Å². The van der Waals surface area contributed by atoms with Gasteiger partial charge in [-0.1, -0.05) is 6.07 Å². The lowest BCUT2D eigenvalue weighted by Crippen LogP contribution is -2.33. The molecule has 0 aliphatic carbocycles. The van der Waals surface area contributed by atoms with Crippen LogP contribution in [0.1, 0.15) is 35.3 Å². The van der Waals surface area contributed by atoms with Gasteiger partial charge in [0.05, 0.1) is 26.4 Å². The fourth-order valence-corrected chi connectivity index (χ4v) is 5.69. The van der Waals surface area contributed by atoms with Gasteiger partial charge in [-0.05, 0) is 44.2 Å². The number of nitrogens with zero attached hydrogens (tertiary/aromatic N) is 2. The molecule has 0 saturated heterocycles. The summed E-state index contributed by atoms with van der Waals surface area (Å²) in [5, 5.41) is 0.186. The zero-order valence-corrected chi connectivity index (χ0v) is 22.2. The lowest BCUT2D eigenvalue weighted by molar-refractivity contribution is 0.0526. The smallest absolute Gasteiger partial charge is 0.415 e. The van der Waals surface area contributed by atoms with Gasteiger partial charge < -0.3 is 24.8 Å². The third-order valence-electron chi connectivity index (χ3n) is 6.10. The van der Waals surface area contributed by atoms with Crippen LogP contribution >= 0.6 is 11.3 Å². The van der Waals surface area contributed by atoms with Crippen molar-refractivity contribution in [3.05, 3.63) is 64.7 Å². The van der Waals surface area contributed by atoms with Crippen molar-refractivity contribution in [2.75, 3.05) is 49.0 Å². The molecule has 1 amide bonds. The predicted octanol–water partition coefficient (Wildman–Crippen LogP) is 5.58. The van der Waals surface area contributed by atoms with Crippen LogP contribution in [0.2, 0.25) is 0 Å². The number of methoxy groups -OCH3 is 1. The number of ether oxygens (including phenoxy) is 3. The van der Waals surface area contributed by atoms with E-state index in [4.69, 9.17) is 19.9 Å². The molecule has 0 radical (unpaired) electrons. The number of nitrogens with two attached hydrogens (primary N) is 1. The van der Waals surface area contributed by atoms with E-state index < -0.39 is 30.2 Å². The molecule has 0 bridgehead atoms. The Labute approximate surface area is 223 Å². The highest BCUT2D eigenvalue weighted by atomic mass is 32.1. The third-order valence-corrected chi connectivity index (χ3v) is 7.39. The van der Waals surface area contributed by atoms with Gasteiger partial charge in [-0.25, -0.2) is 18.4 Å². The van der Waals surface area contributed by atoms with Gasteiger partial charge in [0.2, 0.25) is 0 Å². The summed E-state index contributed by atoms with van der Waals surface area (Å²) in [5.41, 5.74) is 8.77. The first-order chi connectivity index (χ1) is 18.3. The summed E-state index contributed by atoms with van der Waals surface area (Å²) in [6.07, 6.45) is -0.840. The Morgan fingerprint density at radius 1 is 1.11 bits per heavy atom. The van der Waals surface area contributed by atoms with Gasteiger partial charge in [-0.15, -0.1) is 11.3 Å². The van der Waals surface area contributed by atoms with E-state index in [1.165, 1.54) is 6.07 Å². The van der Waals surface area contributed by atoms with E-state index in [0.29, 0.717) is 30.9 Å².